The third-order valence-electron chi connectivity index (χ3n) is 0.883. The highest BCUT2D eigenvalue weighted by Crippen LogP contribution is 2.31. The highest BCUT2D eigenvalue weighted by atomic mass is 35.6. The van der Waals surface area contributed by atoms with Crippen molar-refractivity contribution < 1.29 is 4.74 Å². The fraction of sp³-hybridized carbons (Fsp3) is 0.400. The Morgan fingerprint density at radius 2 is 2.10 bits per heavy atom. The number of halogens is 3. The molecule has 0 aromatic heterocycles. The lowest BCUT2D eigenvalue weighted by molar-refractivity contribution is 0.434. The van der Waals surface area contributed by atoms with Gasteiger partial charge in [0, 0.05) is 0 Å². The molecule has 1 rings (SSSR count). The molecule has 1 aliphatic heterocycles. The molecule has 56 valence electrons. The fourth-order valence-corrected chi connectivity index (χ4v) is 0.804. The summed E-state index contributed by atoms with van der Waals surface area (Å²) in [7, 11) is 0. The van der Waals surface area contributed by atoms with E-state index in [1.54, 1.807) is 0 Å². The maximum atomic E-state index is 5.44. The third-order valence-corrected chi connectivity index (χ3v) is 1.37. The number of hydrogen-bond donors (Lipinski definition) is 0. The van der Waals surface area contributed by atoms with E-state index in [2.05, 4.69) is 11.6 Å². The third kappa shape index (κ3) is 1.78. The first-order valence-corrected chi connectivity index (χ1v) is 3.61. The smallest absolute Gasteiger partial charge is 0.266 e. The largest absolute Gasteiger partial charge is 0.442 e. The van der Waals surface area contributed by atoms with Crippen molar-refractivity contribution in [1.29, 1.82) is 0 Å². The molecule has 1 heterocycles. The average Bonchev–Trinajstić information content (AvgIpc) is 2.11. The standard InChI is InChI=1S/C5H4Cl3NO/c1-3-2-9-4(10-3)5(6,7)8/h1-2H2. The van der Waals surface area contributed by atoms with Gasteiger partial charge in [-0.3, -0.25) is 0 Å². The van der Waals surface area contributed by atoms with Gasteiger partial charge in [-0.25, -0.2) is 4.99 Å². The van der Waals surface area contributed by atoms with Crippen LogP contribution in [-0.2, 0) is 4.74 Å². The predicted octanol–water partition coefficient (Wildman–Crippen LogP) is 2.30. The van der Waals surface area contributed by atoms with Crippen molar-refractivity contribution >= 4 is 40.7 Å². The Kier molecular flexibility index (Phi) is 2.13. The number of rotatable bonds is 0. The first-order valence-electron chi connectivity index (χ1n) is 2.47. The van der Waals surface area contributed by atoms with Crippen molar-refractivity contribution in [2.75, 3.05) is 6.54 Å². The Balaban J connectivity index is 2.69. The summed E-state index contributed by atoms with van der Waals surface area (Å²) in [5, 5.41) is 0. The van der Waals surface area contributed by atoms with E-state index in [1.165, 1.54) is 0 Å². The van der Waals surface area contributed by atoms with E-state index < -0.39 is 3.79 Å². The van der Waals surface area contributed by atoms with Gasteiger partial charge in [0.2, 0.25) is 5.90 Å². The molecule has 0 N–H and O–H groups in total. The molecule has 0 bridgehead atoms. The molecule has 5 heteroatoms. The quantitative estimate of drug-likeness (QED) is 0.550. The second-order valence-electron chi connectivity index (χ2n) is 1.76. The summed E-state index contributed by atoms with van der Waals surface area (Å²) < 4.78 is 3.33. The Morgan fingerprint density at radius 3 is 2.30 bits per heavy atom. The van der Waals surface area contributed by atoms with E-state index >= 15 is 0 Å². The number of ether oxygens (including phenoxy) is 1. The van der Waals surface area contributed by atoms with Crippen LogP contribution >= 0.6 is 34.8 Å². The van der Waals surface area contributed by atoms with E-state index in [0.29, 0.717) is 12.3 Å². The summed E-state index contributed by atoms with van der Waals surface area (Å²) in [6.45, 7) is 3.88. The van der Waals surface area contributed by atoms with Gasteiger partial charge < -0.3 is 4.74 Å². The van der Waals surface area contributed by atoms with E-state index in [9.17, 15) is 0 Å². The number of hydrogen-bond acceptors (Lipinski definition) is 2. The zero-order valence-corrected chi connectivity index (χ0v) is 7.17. The topological polar surface area (TPSA) is 21.6 Å². The molecule has 0 unspecified atom stereocenters. The number of alkyl halides is 3. The lowest BCUT2D eigenvalue weighted by Gasteiger charge is -2.08. The van der Waals surface area contributed by atoms with Gasteiger partial charge >= 0.3 is 0 Å². The van der Waals surface area contributed by atoms with Crippen molar-refractivity contribution in [3.63, 3.8) is 0 Å². The molecule has 0 atom stereocenters. The number of nitrogens with zero attached hydrogens (tertiary/aromatic N) is 1. The molecule has 0 aliphatic carbocycles. The van der Waals surface area contributed by atoms with E-state index in [4.69, 9.17) is 39.5 Å². The average molecular weight is 200 g/mol. The summed E-state index contributed by atoms with van der Waals surface area (Å²) in [5.74, 6) is 0.601. The van der Waals surface area contributed by atoms with Crippen LogP contribution < -0.4 is 0 Å². The van der Waals surface area contributed by atoms with Crippen molar-refractivity contribution in [2.24, 2.45) is 4.99 Å². The van der Waals surface area contributed by atoms with Gasteiger partial charge in [-0.1, -0.05) is 41.4 Å². The summed E-state index contributed by atoms with van der Waals surface area (Å²) in [6.07, 6.45) is 0. The highest BCUT2D eigenvalue weighted by molar-refractivity contribution is 6.76. The maximum absolute atomic E-state index is 5.44. The van der Waals surface area contributed by atoms with Crippen LogP contribution in [0.4, 0.5) is 0 Å². The summed E-state index contributed by atoms with van der Waals surface area (Å²) >= 11 is 16.3. The van der Waals surface area contributed by atoms with Gasteiger partial charge in [-0.15, -0.1) is 0 Å². The lowest BCUT2D eigenvalue weighted by atomic mass is 10.6. The molecular formula is C5H4Cl3NO. The Labute approximate surface area is 73.4 Å². The molecule has 0 spiro atoms. The molecule has 0 saturated heterocycles. The lowest BCUT2D eigenvalue weighted by Crippen LogP contribution is -2.18. The summed E-state index contributed by atoms with van der Waals surface area (Å²) in [4.78, 5) is 3.79. The Bertz CT molecular complexity index is 194. The first kappa shape index (κ1) is 8.18. The molecule has 0 aromatic carbocycles. The van der Waals surface area contributed by atoms with Gasteiger partial charge in [-0.05, 0) is 0 Å². The molecule has 0 aromatic rings. The second-order valence-corrected chi connectivity index (χ2v) is 4.04. The molecule has 0 fully saturated rings. The van der Waals surface area contributed by atoms with E-state index in [-0.39, 0.29) is 5.90 Å². The minimum atomic E-state index is -1.56. The van der Waals surface area contributed by atoms with Crippen LogP contribution in [0.3, 0.4) is 0 Å². The van der Waals surface area contributed by atoms with Gasteiger partial charge in [0.25, 0.3) is 3.79 Å². The normalized spacial score (nSPS) is 18.7. The molecule has 2 nitrogen and oxygen atoms in total. The summed E-state index contributed by atoms with van der Waals surface area (Å²) in [6, 6.07) is 0. The minimum absolute atomic E-state index is 0.0995. The zero-order chi connectivity index (χ0) is 7.78. The van der Waals surface area contributed by atoms with Crippen molar-refractivity contribution in [3.05, 3.63) is 12.3 Å². The van der Waals surface area contributed by atoms with Crippen molar-refractivity contribution in [1.82, 2.24) is 0 Å². The van der Waals surface area contributed by atoms with Gasteiger partial charge in [0.15, 0.2) is 0 Å². The van der Waals surface area contributed by atoms with Crippen molar-refractivity contribution in [2.45, 2.75) is 3.79 Å². The van der Waals surface area contributed by atoms with Gasteiger partial charge in [0.05, 0.1) is 0 Å². The van der Waals surface area contributed by atoms with E-state index in [1.807, 2.05) is 0 Å². The SMILES string of the molecule is C=C1CN=C(C(Cl)(Cl)Cl)O1. The molecule has 0 amide bonds. The van der Waals surface area contributed by atoms with Crippen LogP contribution in [0.1, 0.15) is 0 Å². The monoisotopic (exact) mass is 199 g/mol. The first-order chi connectivity index (χ1) is 4.50. The van der Waals surface area contributed by atoms with Crippen LogP contribution in [0.5, 0.6) is 0 Å². The Morgan fingerprint density at radius 1 is 1.50 bits per heavy atom. The molecule has 1 aliphatic rings. The minimum Gasteiger partial charge on any atom is -0.442 e. The van der Waals surface area contributed by atoms with Crippen LogP contribution in [0.25, 0.3) is 0 Å². The second kappa shape index (κ2) is 2.61. The van der Waals surface area contributed by atoms with Crippen LogP contribution in [0.15, 0.2) is 17.3 Å². The van der Waals surface area contributed by atoms with Crippen molar-refractivity contribution in [3.8, 4) is 0 Å². The van der Waals surface area contributed by atoms with Gasteiger partial charge in [-0.2, -0.15) is 0 Å². The van der Waals surface area contributed by atoms with Crippen LogP contribution in [0.2, 0.25) is 0 Å². The molecule has 0 radical (unpaired) electrons. The van der Waals surface area contributed by atoms with Crippen LogP contribution in [-0.4, -0.2) is 16.2 Å². The van der Waals surface area contributed by atoms with Gasteiger partial charge in [0.1, 0.15) is 12.3 Å². The van der Waals surface area contributed by atoms with E-state index in [0.717, 1.165) is 0 Å². The predicted molar refractivity (Wildman–Crippen MR) is 42.8 cm³/mol. The highest BCUT2D eigenvalue weighted by Gasteiger charge is 2.33. The molecule has 0 saturated carbocycles. The van der Waals surface area contributed by atoms with Crippen LogP contribution in [0, 0.1) is 0 Å². The Hall–Kier alpha value is 0.0800. The fourth-order valence-electron chi connectivity index (χ4n) is 0.509. The maximum Gasteiger partial charge on any atom is 0.266 e. The zero-order valence-electron chi connectivity index (χ0n) is 4.90. The summed E-state index contributed by atoms with van der Waals surface area (Å²) in [5.41, 5.74) is 0. The molecular weight excluding hydrogens is 196 g/mol. The number of aliphatic imine (C=N–C) groups is 1. The molecule has 10 heavy (non-hydrogen) atoms.